The van der Waals surface area contributed by atoms with Crippen LogP contribution in [-0.2, 0) is 12.8 Å². The highest BCUT2D eigenvalue weighted by atomic mass is 32.1. The van der Waals surface area contributed by atoms with Crippen molar-refractivity contribution in [2.45, 2.75) is 72.3 Å². The molecule has 2 bridgehead atoms. The predicted octanol–water partition coefficient (Wildman–Crippen LogP) is 5.22. The summed E-state index contributed by atoms with van der Waals surface area (Å²) in [4.78, 5) is 15.0. The molecule has 3 aliphatic rings. The third-order valence-electron chi connectivity index (χ3n) is 6.76. The van der Waals surface area contributed by atoms with Crippen molar-refractivity contribution < 1.29 is 0 Å². The number of thiophene rings is 1. The molecule has 2 aromatic rings. The maximum atomic E-state index is 4.85. The lowest BCUT2D eigenvalue weighted by atomic mass is 9.65. The molecule has 5 rings (SSSR count). The van der Waals surface area contributed by atoms with E-state index in [2.05, 4.69) is 37.6 Å². The average molecular weight is 356 g/mol. The van der Waals surface area contributed by atoms with E-state index in [1.807, 2.05) is 11.3 Å². The van der Waals surface area contributed by atoms with Gasteiger partial charge in [-0.1, -0.05) is 27.7 Å². The smallest absolute Gasteiger partial charge is 0.141 e. The van der Waals surface area contributed by atoms with Crippen LogP contribution in [0, 0.1) is 16.7 Å². The van der Waals surface area contributed by atoms with Crippen LogP contribution in [-0.4, -0.2) is 22.6 Å². The van der Waals surface area contributed by atoms with Crippen molar-refractivity contribution in [3.8, 4) is 0 Å². The second kappa shape index (κ2) is 5.18. The molecule has 0 aromatic carbocycles. The minimum atomic E-state index is 0.439. The van der Waals surface area contributed by atoms with E-state index >= 15 is 0 Å². The molecule has 1 saturated carbocycles. The first kappa shape index (κ1) is 16.0. The molecule has 2 aromatic heterocycles. The van der Waals surface area contributed by atoms with E-state index in [1.165, 1.54) is 54.6 Å². The molecular formula is C21H29N3S. The van der Waals surface area contributed by atoms with Gasteiger partial charge in [-0.2, -0.15) is 0 Å². The molecule has 134 valence electrons. The van der Waals surface area contributed by atoms with E-state index in [4.69, 9.17) is 4.98 Å². The lowest BCUT2D eigenvalue weighted by molar-refractivity contribution is 0.136. The van der Waals surface area contributed by atoms with Gasteiger partial charge in [0.2, 0.25) is 0 Å². The van der Waals surface area contributed by atoms with E-state index in [-0.39, 0.29) is 0 Å². The van der Waals surface area contributed by atoms with Crippen LogP contribution in [0.5, 0.6) is 0 Å². The van der Waals surface area contributed by atoms with E-state index in [0.717, 1.165) is 12.5 Å². The molecule has 1 saturated heterocycles. The minimum absolute atomic E-state index is 0.439. The fourth-order valence-corrected chi connectivity index (χ4v) is 7.53. The topological polar surface area (TPSA) is 29.0 Å². The van der Waals surface area contributed by atoms with Gasteiger partial charge >= 0.3 is 0 Å². The molecule has 1 aliphatic heterocycles. The average Bonchev–Trinajstić information content (AvgIpc) is 2.99. The van der Waals surface area contributed by atoms with Crippen molar-refractivity contribution in [1.29, 1.82) is 0 Å². The van der Waals surface area contributed by atoms with Crippen LogP contribution in [0.3, 0.4) is 0 Å². The number of anilines is 1. The van der Waals surface area contributed by atoms with Crippen molar-refractivity contribution in [3.63, 3.8) is 0 Å². The fourth-order valence-electron chi connectivity index (χ4n) is 6.18. The molecule has 0 radical (unpaired) electrons. The lowest BCUT2D eigenvalue weighted by Gasteiger charge is -2.39. The summed E-state index contributed by atoms with van der Waals surface area (Å²) >= 11 is 1.92. The first-order valence-corrected chi connectivity index (χ1v) is 10.7. The minimum Gasteiger partial charge on any atom is -0.352 e. The lowest BCUT2D eigenvalue weighted by Crippen LogP contribution is -2.35. The second-order valence-corrected chi connectivity index (χ2v) is 11.2. The molecule has 0 unspecified atom stereocenters. The van der Waals surface area contributed by atoms with Gasteiger partial charge in [0.15, 0.2) is 0 Å². The fraction of sp³-hybridized carbons (Fsp3) is 0.714. The Morgan fingerprint density at radius 2 is 2.04 bits per heavy atom. The third-order valence-corrected chi connectivity index (χ3v) is 7.92. The number of rotatable bonds is 1. The zero-order valence-electron chi connectivity index (χ0n) is 15.9. The van der Waals surface area contributed by atoms with E-state index in [9.17, 15) is 0 Å². The van der Waals surface area contributed by atoms with Gasteiger partial charge in [-0.15, -0.1) is 11.3 Å². The Balaban J connectivity index is 1.62. The molecule has 25 heavy (non-hydrogen) atoms. The van der Waals surface area contributed by atoms with Crippen LogP contribution in [0.1, 0.15) is 63.8 Å². The summed E-state index contributed by atoms with van der Waals surface area (Å²) in [5.74, 6) is 2.05. The summed E-state index contributed by atoms with van der Waals surface area (Å²) in [6.07, 6.45) is 9.49. The number of fused-ring (bicyclic) bond motifs is 5. The quantitative estimate of drug-likeness (QED) is 0.702. The first-order valence-electron chi connectivity index (χ1n) is 9.86. The first-order chi connectivity index (χ1) is 11.8. The molecule has 3 heterocycles. The van der Waals surface area contributed by atoms with Gasteiger partial charge in [0.25, 0.3) is 0 Å². The molecule has 0 spiro atoms. The highest BCUT2D eigenvalue weighted by Crippen LogP contribution is 2.54. The third kappa shape index (κ3) is 2.51. The van der Waals surface area contributed by atoms with Crippen molar-refractivity contribution in [1.82, 2.24) is 9.97 Å². The standard InChI is InChI=1S/C21H29N3S/c1-13-5-6-15-16(7-13)25-19-17(15)18(22-12-23-19)24-11-21(4)9-14(24)8-20(2,3)10-21/h12-14H,5-11H2,1-4H3/t13-,14-,21-/m1/s1. The molecule has 3 atom stereocenters. The van der Waals surface area contributed by atoms with Gasteiger partial charge in [0.1, 0.15) is 17.0 Å². The predicted molar refractivity (Wildman–Crippen MR) is 105 cm³/mol. The Morgan fingerprint density at radius 1 is 1.20 bits per heavy atom. The second-order valence-electron chi connectivity index (χ2n) is 10.1. The van der Waals surface area contributed by atoms with Gasteiger partial charge < -0.3 is 4.90 Å². The summed E-state index contributed by atoms with van der Waals surface area (Å²) < 4.78 is 0. The van der Waals surface area contributed by atoms with E-state index < -0.39 is 0 Å². The largest absolute Gasteiger partial charge is 0.352 e. The number of hydrogen-bond acceptors (Lipinski definition) is 4. The molecule has 0 N–H and O–H groups in total. The van der Waals surface area contributed by atoms with Gasteiger partial charge in [0.05, 0.1) is 5.39 Å². The van der Waals surface area contributed by atoms with Gasteiger partial charge in [-0.05, 0) is 60.8 Å². The highest BCUT2D eigenvalue weighted by molar-refractivity contribution is 7.19. The Bertz CT molecular complexity index is 839. The van der Waals surface area contributed by atoms with Gasteiger partial charge in [-0.25, -0.2) is 9.97 Å². The number of aromatic nitrogens is 2. The Hall–Kier alpha value is -1.16. The van der Waals surface area contributed by atoms with Crippen LogP contribution in [0.2, 0.25) is 0 Å². The van der Waals surface area contributed by atoms with Crippen molar-refractivity contribution >= 4 is 27.4 Å². The van der Waals surface area contributed by atoms with Gasteiger partial charge in [0, 0.05) is 17.5 Å². The zero-order chi connectivity index (χ0) is 17.4. The SMILES string of the molecule is C[C@@H]1CCc2c(sc3ncnc(N4C[C@]5(C)C[C@H]4CC(C)(C)C5)c23)C1. The summed E-state index contributed by atoms with van der Waals surface area (Å²) in [5, 5.41) is 1.39. The summed E-state index contributed by atoms with van der Waals surface area (Å²) in [6.45, 7) is 10.9. The molecule has 0 amide bonds. The molecule has 2 fully saturated rings. The molecule has 3 nitrogen and oxygen atoms in total. The molecule has 2 aliphatic carbocycles. The molecule has 4 heteroatoms. The number of aryl methyl sites for hydroxylation is 1. The van der Waals surface area contributed by atoms with Crippen molar-refractivity contribution in [2.75, 3.05) is 11.4 Å². The van der Waals surface area contributed by atoms with E-state index in [1.54, 1.807) is 16.8 Å². The van der Waals surface area contributed by atoms with Crippen LogP contribution < -0.4 is 4.90 Å². The maximum Gasteiger partial charge on any atom is 0.141 e. The number of nitrogens with zero attached hydrogens (tertiary/aromatic N) is 3. The Labute approximate surface area is 154 Å². The van der Waals surface area contributed by atoms with Crippen LogP contribution >= 0.6 is 11.3 Å². The summed E-state index contributed by atoms with van der Waals surface area (Å²) in [6, 6.07) is 0.643. The Morgan fingerprint density at radius 3 is 2.88 bits per heavy atom. The zero-order valence-corrected chi connectivity index (χ0v) is 16.7. The summed E-state index contributed by atoms with van der Waals surface area (Å²) in [5.41, 5.74) is 2.45. The van der Waals surface area contributed by atoms with Crippen LogP contribution in [0.25, 0.3) is 10.2 Å². The number of hydrogen-bond donors (Lipinski definition) is 0. The normalized spacial score (nSPS) is 33.7. The van der Waals surface area contributed by atoms with Crippen molar-refractivity contribution in [3.05, 3.63) is 16.8 Å². The van der Waals surface area contributed by atoms with Gasteiger partial charge in [-0.3, -0.25) is 0 Å². The Kier molecular flexibility index (Phi) is 3.33. The molecular weight excluding hydrogens is 326 g/mol. The van der Waals surface area contributed by atoms with Crippen LogP contribution in [0.4, 0.5) is 5.82 Å². The summed E-state index contributed by atoms with van der Waals surface area (Å²) in [7, 11) is 0. The van der Waals surface area contributed by atoms with E-state index in [0.29, 0.717) is 16.9 Å². The monoisotopic (exact) mass is 355 g/mol. The van der Waals surface area contributed by atoms with Crippen LogP contribution in [0.15, 0.2) is 6.33 Å². The van der Waals surface area contributed by atoms with Crippen molar-refractivity contribution in [2.24, 2.45) is 16.7 Å². The maximum absolute atomic E-state index is 4.85. The highest BCUT2D eigenvalue weighted by Gasteiger charge is 2.50.